The van der Waals surface area contributed by atoms with Crippen molar-refractivity contribution in [2.24, 2.45) is 23.3 Å². The van der Waals surface area contributed by atoms with E-state index in [0.717, 1.165) is 16.5 Å². The number of carbonyl (C=O) groups is 5. The molecule has 39 heavy (non-hydrogen) atoms. The van der Waals surface area contributed by atoms with Gasteiger partial charge in [0.05, 0.1) is 6.04 Å². The molecule has 5 atom stereocenters. The third-order valence-electron chi connectivity index (χ3n) is 6.83. The maximum Gasteiger partial charge on any atom is 0.326 e. The molecule has 0 aliphatic heterocycles. The first-order valence-corrected chi connectivity index (χ1v) is 13.1. The van der Waals surface area contributed by atoms with Crippen LogP contribution in [0.25, 0.3) is 10.9 Å². The Morgan fingerprint density at radius 1 is 0.949 bits per heavy atom. The largest absolute Gasteiger partial charge is 0.480 e. The molecule has 1 aromatic carbocycles. The number of para-hydroxylation sites is 1. The number of H-pyrrole nitrogens is 1. The van der Waals surface area contributed by atoms with E-state index in [9.17, 15) is 29.1 Å². The van der Waals surface area contributed by atoms with Crippen LogP contribution in [0, 0.1) is 11.8 Å². The molecule has 214 valence electrons. The maximum atomic E-state index is 13.5. The van der Waals surface area contributed by atoms with Crippen molar-refractivity contribution in [2.75, 3.05) is 0 Å². The topological polar surface area (TPSA) is 209 Å². The first-order valence-electron chi connectivity index (χ1n) is 13.1. The highest BCUT2D eigenvalue weighted by Crippen LogP contribution is 2.20. The number of benzene rings is 1. The summed E-state index contributed by atoms with van der Waals surface area (Å²) in [6.07, 6.45) is 2.13. The Hall–Kier alpha value is -3.93. The highest BCUT2D eigenvalue weighted by Gasteiger charge is 2.33. The van der Waals surface area contributed by atoms with Crippen LogP contribution in [0.15, 0.2) is 30.5 Å². The van der Waals surface area contributed by atoms with Crippen LogP contribution < -0.4 is 27.4 Å². The lowest BCUT2D eigenvalue weighted by molar-refractivity contribution is -0.143. The fourth-order valence-corrected chi connectivity index (χ4v) is 4.10. The number of aromatic amines is 1. The monoisotopic (exact) mass is 544 g/mol. The van der Waals surface area contributed by atoms with Gasteiger partial charge in [-0.15, -0.1) is 0 Å². The zero-order valence-electron chi connectivity index (χ0n) is 22.8. The molecule has 0 spiro atoms. The summed E-state index contributed by atoms with van der Waals surface area (Å²) in [5, 5.41) is 18.1. The Balaban J connectivity index is 2.28. The molecule has 1 heterocycles. The van der Waals surface area contributed by atoms with Crippen molar-refractivity contribution in [3.05, 3.63) is 36.0 Å². The van der Waals surface area contributed by atoms with Gasteiger partial charge in [-0.2, -0.15) is 0 Å². The Morgan fingerprint density at radius 3 is 2.18 bits per heavy atom. The van der Waals surface area contributed by atoms with Crippen molar-refractivity contribution >= 4 is 40.5 Å². The van der Waals surface area contributed by atoms with E-state index in [-0.39, 0.29) is 25.2 Å². The smallest absolute Gasteiger partial charge is 0.326 e. The fourth-order valence-electron chi connectivity index (χ4n) is 4.10. The van der Waals surface area contributed by atoms with Gasteiger partial charge < -0.3 is 37.5 Å². The molecule has 0 radical (unpaired) electrons. The Kier molecular flexibility index (Phi) is 11.5. The van der Waals surface area contributed by atoms with Crippen molar-refractivity contribution in [3.8, 4) is 0 Å². The molecule has 0 aliphatic rings. The van der Waals surface area contributed by atoms with Crippen LogP contribution >= 0.6 is 0 Å². The van der Waals surface area contributed by atoms with Gasteiger partial charge in [-0.3, -0.25) is 19.2 Å². The van der Waals surface area contributed by atoms with Crippen molar-refractivity contribution in [1.82, 2.24) is 20.9 Å². The van der Waals surface area contributed by atoms with E-state index in [1.165, 1.54) is 0 Å². The molecule has 0 bridgehead atoms. The standard InChI is InChI=1S/C27H40N6O6/c1-5-15(4)22(29)25(36)32-20(12-16-13-30-18-9-7-6-8-17(16)18)24(35)33-23(14(2)3)26(37)31-19(27(38)39)10-11-21(28)34/h6-9,13-15,19-20,22-23,30H,5,10-12,29H2,1-4H3,(H2,28,34)(H,31,37)(H,32,36)(H,33,35)(H,38,39). The minimum Gasteiger partial charge on any atom is -0.480 e. The highest BCUT2D eigenvalue weighted by atomic mass is 16.4. The summed E-state index contributed by atoms with van der Waals surface area (Å²) in [5.41, 5.74) is 12.9. The summed E-state index contributed by atoms with van der Waals surface area (Å²) in [5.74, 6) is -4.42. The minimum absolute atomic E-state index is 0.121. The molecular formula is C27H40N6O6. The van der Waals surface area contributed by atoms with E-state index in [0.29, 0.717) is 6.42 Å². The number of hydrogen-bond donors (Lipinski definition) is 7. The number of carboxylic acid groups (broad SMARTS) is 1. The zero-order chi connectivity index (χ0) is 29.3. The number of rotatable bonds is 15. The molecule has 1 aromatic heterocycles. The van der Waals surface area contributed by atoms with E-state index in [1.807, 2.05) is 38.1 Å². The second-order valence-electron chi connectivity index (χ2n) is 10.2. The zero-order valence-corrected chi connectivity index (χ0v) is 22.8. The molecule has 0 fully saturated rings. The van der Waals surface area contributed by atoms with Crippen LogP contribution in [0.4, 0.5) is 0 Å². The summed E-state index contributed by atoms with van der Waals surface area (Å²) in [6, 6.07) is 3.15. The second kappa shape index (κ2) is 14.3. The van der Waals surface area contributed by atoms with Crippen LogP contribution in [0.1, 0.15) is 52.5 Å². The molecule has 2 rings (SSSR count). The Labute approximate surface area is 227 Å². The first-order chi connectivity index (χ1) is 18.3. The van der Waals surface area contributed by atoms with Crippen LogP contribution in [0.2, 0.25) is 0 Å². The van der Waals surface area contributed by atoms with Gasteiger partial charge >= 0.3 is 5.97 Å². The molecule has 0 saturated carbocycles. The summed E-state index contributed by atoms with van der Waals surface area (Å²) >= 11 is 0. The molecule has 12 nitrogen and oxygen atoms in total. The molecule has 9 N–H and O–H groups in total. The highest BCUT2D eigenvalue weighted by molar-refractivity contribution is 5.95. The number of aromatic nitrogens is 1. The molecule has 2 aromatic rings. The third kappa shape index (κ3) is 8.81. The van der Waals surface area contributed by atoms with Gasteiger partial charge in [-0.05, 0) is 29.9 Å². The summed E-state index contributed by atoms with van der Waals surface area (Å²) in [7, 11) is 0. The van der Waals surface area contributed by atoms with Gasteiger partial charge in [0.25, 0.3) is 0 Å². The predicted molar refractivity (Wildman–Crippen MR) is 146 cm³/mol. The van der Waals surface area contributed by atoms with Crippen molar-refractivity contribution in [3.63, 3.8) is 0 Å². The van der Waals surface area contributed by atoms with Gasteiger partial charge in [0, 0.05) is 29.9 Å². The van der Waals surface area contributed by atoms with E-state index in [2.05, 4.69) is 20.9 Å². The number of aliphatic carboxylic acids is 1. The number of fused-ring (bicyclic) bond motifs is 1. The Morgan fingerprint density at radius 2 is 1.59 bits per heavy atom. The van der Waals surface area contributed by atoms with Gasteiger partial charge in [-0.25, -0.2) is 4.79 Å². The number of hydrogen-bond acceptors (Lipinski definition) is 6. The van der Waals surface area contributed by atoms with E-state index < -0.39 is 59.7 Å². The first kappa shape index (κ1) is 31.3. The quantitative estimate of drug-likeness (QED) is 0.169. The number of primary amides is 1. The lowest BCUT2D eigenvalue weighted by atomic mass is 9.97. The van der Waals surface area contributed by atoms with Gasteiger partial charge in [0.1, 0.15) is 18.1 Å². The number of nitrogens with two attached hydrogens (primary N) is 2. The summed E-state index contributed by atoms with van der Waals surface area (Å²) in [6.45, 7) is 7.13. The molecule has 0 saturated heterocycles. The number of carboxylic acids is 1. The van der Waals surface area contributed by atoms with Crippen LogP contribution in [-0.2, 0) is 30.4 Å². The number of amides is 4. The van der Waals surface area contributed by atoms with Crippen molar-refractivity contribution in [2.45, 2.75) is 77.5 Å². The second-order valence-corrected chi connectivity index (χ2v) is 10.2. The average molecular weight is 545 g/mol. The Bertz CT molecular complexity index is 1180. The molecule has 12 heteroatoms. The molecule has 5 unspecified atom stereocenters. The summed E-state index contributed by atoms with van der Waals surface area (Å²) in [4.78, 5) is 65.3. The molecule has 0 aliphatic carbocycles. The van der Waals surface area contributed by atoms with Crippen LogP contribution in [0.5, 0.6) is 0 Å². The number of carbonyl (C=O) groups excluding carboxylic acids is 4. The fraction of sp³-hybridized carbons (Fsp3) is 0.519. The normalized spacial score (nSPS) is 15.1. The molecule has 4 amide bonds. The lowest BCUT2D eigenvalue weighted by Gasteiger charge is -2.27. The van der Waals surface area contributed by atoms with Crippen molar-refractivity contribution in [1.29, 1.82) is 0 Å². The van der Waals surface area contributed by atoms with Gasteiger partial charge in [0.15, 0.2) is 0 Å². The maximum absolute atomic E-state index is 13.5. The predicted octanol–water partition coefficient (Wildman–Crippen LogP) is 0.544. The number of nitrogens with one attached hydrogen (secondary N) is 4. The summed E-state index contributed by atoms with van der Waals surface area (Å²) < 4.78 is 0. The van der Waals surface area contributed by atoms with Gasteiger partial charge in [-0.1, -0.05) is 52.3 Å². The van der Waals surface area contributed by atoms with Gasteiger partial charge in [0.2, 0.25) is 23.6 Å². The minimum atomic E-state index is -1.36. The van der Waals surface area contributed by atoms with Crippen molar-refractivity contribution < 1.29 is 29.1 Å². The van der Waals surface area contributed by atoms with Crippen LogP contribution in [0.3, 0.4) is 0 Å². The SMILES string of the molecule is CCC(C)C(N)C(=O)NC(Cc1c[nH]c2ccccc12)C(=O)NC(C(=O)NC(CCC(N)=O)C(=O)O)C(C)C. The third-order valence-corrected chi connectivity index (χ3v) is 6.83. The van der Waals surface area contributed by atoms with E-state index in [1.54, 1.807) is 20.0 Å². The molecular weight excluding hydrogens is 504 g/mol. The van der Waals surface area contributed by atoms with E-state index in [4.69, 9.17) is 11.5 Å². The van der Waals surface area contributed by atoms with E-state index >= 15 is 0 Å². The van der Waals surface area contributed by atoms with Crippen LogP contribution in [-0.4, -0.2) is 63.9 Å². The average Bonchev–Trinajstić information content (AvgIpc) is 3.30. The lowest BCUT2D eigenvalue weighted by Crippen LogP contribution is -2.59.